The van der Waals surface area contributed by atoms with Crippen molar-refractivity contribution in [1.29, 1.82) is 0 Å². The predicted octanol–water partition coefficient (Wildman–Crippen LogP) is 9.20. The maximum Gasteiger partial charge on any atom is 0.324 e. The van der Waals surface area contributed by atoms with Crippen molar-refractivity contribution >= 4 is 17.6 Å². The third kappa shape index (κ3) is 5.26. The number of halogens is 1. The standard InChI is InChI=1S/C32H53ClO2/c1-20(2)9-8-10-22(5)26-13-14-27-25-12-11-23-19-24(35-30(34)29(33)21(3)4)15-17-31(23,6)28(25)16-18-32(26,27)7/h11,20-22,24-29H,8-10,12-19H2,1-7H3/t22-,24+,25-,26+,27-,28-,29+,31-,32+/m0/s1. The Morgan fingerprint density at radius 3 is 2.46 bits per heavy atom. The van der Waals surface area contributed by atoms with Crippen LogP contribution in [0, 0.1) is 52.3 Å². The van der Waals surface area contributed by atoms with Crippen LogP contribution in [0.3, 0.4) is 0 Å². The summed E-state index contributed by atoms with van der Waals surface area (Å²) < 4.78 is 5.91. The van der Waals surface area contributed by atoms with E-state index in [1.165, 1.54) is 51.4 Å². The van der Waals surface area contributed by atoms with Gasteiger partial charge in [0.1, 0.15) is 11.5 Å². The van der Waals surface area contributed by atoms with Gasteiger partial charge in [0.25, 0.3) is 0 Å². The van der Waals surface area contributed by atoms with E-state index >= 15 is 0 Å². The maximum absolute atomic E-state index is 12.5. The zero-order valence-corrected chi connectivity index (χ0v) is 24.5. The molecule has 0 radical (unpaired) electrons. The molecule has 0 saturated heterocycles. The molecule has 0 aromatic carbocycles. The zero-order valence-electron chi connectivity index (χ0n) is 23.7. The summed E-state index contributed by atoms with van der Waals surface area (Å²) in [5.74, 6) is 5.05. The number of hydrogen-bond acceptors (Lipinski definition) is 2. The van der Waals surface area contributed by atoms with E-state index in [-0.39, 0.29) is 18.0 Å². The molecule has 9 atom stereocenters. The van der Waals surface area contributed by atoms with Crippen molar-refractivity contribution < 1.29 is 9.53 Å². The molecule has 0 aromatic rings. The second kappa shape index (κ2) is 10.7. The lowest BCUT2D eigenvalue weighted by molar-refractivity contribution is -0.151. The first-order valence-electron chi connectivity index (χ1n) is 15.0. The SMILES string of the molecule is CC(C)CCC[C@H](C)[C@H]1CC[C@H]2[C@@H]3CC=C4C[C@H](OC(=O)[C@H](Cl)C(C)C)CC[C@]4(C)[C@H]3CC[C@]12C. The van der Waals surface area contributed by atoms with E-state index in [9.17, 15) is 4.79 Å². The first kappa shape index (κ1) is 27.5. The van der Waals surface area contributed by atoms with Crippen molar-refractivity contribution in [3.05, 3.63) is 11.6 Å². The normalized spacial score (nSPS) is 40.5. The van der Waals surface area contributed by atoms with Crippen LogP contribution in [0.15, 0.2) is 11.6 Å². The predicted molar refractivity (Wildman–Crippen MR) is 147 cm³/mol. The van der Waals surface area contributed by atoms with Crippen LogP contribution in [0.4, 0.5) is 0 Å². The van der Waals surface area contributed by atoms with Gasteiger partial charge in [0.15, 0.2) is 0 Å². The highest BCUT2D eigenvalue weighted by atomic mass is 35.5. The van der Waals surface area contributed by atoms with Crippen molar-refractivity contribution in [3.8, 4) is 0 Å². The molecule has 4 rings (SSSR count). The monoisotopic (exact) mass is 504 g/mol. The minimum Gasteiger partial charge on any atom is -0.461 e. The Balaban J connectivity index is 1.43. The fourth-order valence-corrected chi connectivity index (χ4v) is 9.31. The summed E-state index contributed by atoms with van der Waals surface area (Å²) >= 11 is 6.29. The van der Waals surface area contributed by atoms with Crippen molar-refractivity contribution in [2.45, 2.75) is 131 Å². The van der Waals surface area contributed by atoms with Gasteiger partial charge in [0.2, 0.25) is 0 Å². The number of carbonyl (C=O) groups is 1. The summed E-state index contributed by atoms with van der Waals surface area (Å²) in [5.41, 5.74) is 2.42. The summed E-state index contributed by atoms with van der Waals surface area (Å²) in [6.45, 7) is 16.5. The average Bonchev–Trinajstić information content (AvgIpc) is 3.15. The molecule has 35 heavy (non-hydrogen) atoms. The fourth-order valence-electron chi connectivity index (χ4n) is 9.25. The van der Waals surface area contributed by atoms with Crippen molar-refractivity contribution in [2.24, 2.45) is 52.3 Å². The molecule has 0 heterocycles. The molecule has 3 heteroatoms. The lowest BCUT2D eigenvalue weighted by Gasteiger charge is -2.58. The molecule has 0 unspecified atom stereocenters. The highest BCUT2D eigenvalue weighted by Gasteiger charge is 2.59. The molecule has 200 valence electrons. The van der Waals surface area contributed by atoms with Crippen LogP contribution >= 0.6 is 11.6 Å². The molecular weight excluding hydrogens is 452 g/mol. The number of ether oxygens (including phenoxy) is 1. The molecular formula is C32H53ClO2. The third-order valence-corrected chi connectivity index (χ3v) is 12.0. The first-order chi connectivity index (χ1) is 16.5. The molecule has 3 fully saturated rings. The molecule has 0 bridgehead atoms. The molecule has 2 nitrogen and oxygen atoms in total. The molecule has 0 amide bonds. The van der Waals surface area contributed by atoms with Gasteiger partial charge in [0, 0.05) is 6.42 Å². The van der Waals surface area contributed by atoms with Gasteiger partial charge >= 0.3 is 5.97 Å². The summed E-state index contributed by atoms with van der Waals surface area (Å²) in [4.78, 5) is 12.5. The quantitative estimate of drug-likeness (QED) is 0.187. The zero-order chi connectivity index (χ0) is 25.5. The number of rotatable bonds is 8. The lowest BCUT2D eigenvalue weighted by atomic mass is 9.47. The second-order valence-corrected chi connectivity index (χ2v) is 14.7. The van der Waals surface area contributed by atoms with Gasteiger partial charge in [-0.1, -0.05) is 79.4 Å². The Labute approximate surface area is 221 Å². The highest BCUT2D eigenvalue weighted by Crippen LogP contribution is 2.67. The summed E-state index contributed by atoms with van der Waals surface area (Å²) in [6.07, 6.45) is 16.8. The van der Waals surface area contributed by atoms with Gasteiger partial charge < -0.3 is 4.74 Å². The minimum absolute atomic E-state index is 0.00906. The Morgan fingerprint density at radius 1 is 1.03 bits per heavy atom. The van der Waals surface area contributed by atoms with Gasteiger partial charge in [-0.15, -0.1) is 11.6 Å². The van der Waals surface area contributed by atoms with Gasteiger partial charge in [-0.2, -0.15) is 0 Å². The lowest BCUT2D eigenvalue weighted by Crippen LogP contribution is -2.51. The van der Waals surface area contributed by atoms with E-state index < -0.39 is 5.38 Å². The van der Waals surface area contributed by atoms with Crippen molar-refractivity contribution in [2.75, 3.05) is 0 Å². The number of allylic oxidation sites excluding steroid dienone is 1. The molecule has 4 aliphatic rings. The van der Waals surface area contributed by atoms with Crippen molar-refractivity contribution in [3.63, 3.8) is 0 Å². The molecule has 4 aliphatic carbocycles. The Bertz CT molecular complexity index is 786. The van der Waals surface area contributed by atoms with Crippen LogP contribution in [0.2, 0.25) is 0 Å². The van der Waals surface area contributed by atoms with Crippen molar-refractivity contribution in [1.82, 2.24) is 0 Å². The highest BCUT2D eigenvalue weighted by molar-refractivity contribution is 6.30. The van der Waals surface area contributed by atoms with Crippen LogP contribution in [0.25, 0.3) is 0 Å². The first-order valence-corrected chi connectivity index (χ1v) is 15.4. The van der Waals surface area contributed by atoms with Crippen LogP contribution in [-0.2, 0) is 9.53 Å². The summed E-state index contributed by atoms with van der Waals surface area (Å²) in [6, 6.07) is 0. The number of esters is 1. The van der Waals surface area contributed by atoms with Crippen LogP contribution in [0.1, 0.15) is 119 Å². The van der Waals surface area contributed by atoms with Crippen LogP contribution in [-0.4, -0.2) is 17.5 Å². The Hall–Kier alpha value is -0.500. The van der Waals surface area contributed by atoms with Gasteiger partial charge in [0.05, 0.1) is 0 Å². The molecule has 0 aliphatic heterocycles. The van der Waals surface area contributed by atoms with Gasteiger partial charge in [-0.05, 0) is 97.2 Å². The molecule has 0 spiro atoms. The molecule has 3 saturated carbocycles. The number of carbonyl (C=O) groups excluding carboxylic acids is 1. The van der Waals surface area contributed by atoms with Crippen LogP contribution in [0.5, 0.6) is 0 Å². The summed E-state index contributed by atoms with van der Waals surface area (Å²) in [7, 11) is 0. The van der Waals surface area contributed by atoms with Gasteiger partial charge in [-0.3, -0.25) is 4.79 Å². The average molecular weight is 505 g/mol. The minimum atomic E-state index is -0.535. The number of hydrogen-bond donors (Lipinski definition) is 0. The van der Waals surface area contributed by atoms with E-state index in [0.717, 1.165) is 54.8 Å². The molecule has 0 N–H and O–H groups in total. The second-order valence-electron chi connectivity index (χ2n) is 14.2. The van der Waals surface area contributed by atoms with Gasteiger partial charge in [-0.25, -0.2) is 0 Å². The van der Waals surface area contributed by atoms with E-state index in [4.69, 9.17) is 16.3 Å². The van der Waals surface area contributed by atoms with Crippen LogP contribution < -0.4 is 0 Å². The van der Waals surface area contributed by atoms with E-state index in [0.29, 0.717) is 10.8 Å². The molecule has 0 aromatic heterocycles. The fraction of sp³-hybridized carbons (Fsp3) is 0.906. The number of fused-ring (bicyclic) bond motifs is 5. The smallest absolute Gasteiger partial charge is 0.324 e. The van der Waals surface area contributed by atoms with E-state index in [1.807, 2.05) is 13.8 Å². The van der Waals surface area contributed by atoms with E-state index in [1.54, 1.807) is 5.57 Å². The summed E-state index contributed by atoms with van der Waals surface area (Å²) in [5, 5.41) is -0.535. The maximum atomic E-state index is 12.5. The topological polar surface area (TPSA) is 26.3 Å². The van der Waals surface area contributed by atoms with E-state index in [2.05, 4.69) is 40.7 Å². The largest absolute Gasteiger partial charge is 0.461 e. The Morgan fingerprint density at radius 2 is 1.77 bits per heavy atom. The third-order valence-electron chi connectivity index (χ3n) is 11.4. The number of alkyl halides is 1. The Kier molecular flexibility index (Phi) is 8.42.